The normalized spacial score (nSPS) is 26.9. The molecule has 3 aliphatic rings. The first-order chi connectivity index (χ1) is 13.5. The number of aryl methyl sites for hydroxylation is 1. The smallest absolute Gasteiger partial charge is 0.340 e. The van der Waals surface area contributed by atoms with Crippen LogP contribution in [0.3, 0.4) is 0 Å². The topological polar surface area (TPSA) is 54.6 Å². The van der Waals surface area contributed by atoms with Gasteiger partial charge in [-0.15, -0.1) is 0 Å². The zero-order valence-electron chi connectivity index (χ0n) is 16.6. The van der Waals surface area contributed by atoms with E-state index in [1.54, 1.807) is 0 Å². The van der Waals surface area contributed by atoms with Gasteiger partial charge < -0.3 is 14.5 Å². The third kappa shape index (κ3) is 2.57. The Morgan fingerprint density at radius 3 is 3.04 bits per heavy atom. The fourth-order valence-corrected chi connectivity index (χ4v) is 6.26. The summed E-state index contributed by atoms with van der Waals surface area (Å²) in [6.45, 7) is 6.43. The lowest BCUT2D eigenvalue weighted by Gasteiger charge is -2.56. The zero-order valence-corrected chi connectivity index (χ0v) is 18.2. The van der Waals surface area contributed by atoms with Gasteiger partial charge in [0.1, 0.15) is 5.75 Å². The van der Waals surface area contributed by atoms with Gasteiger partial charge in [-0.2, -0.15) is 0 Å². The monoisotopic (exact) mass is 446 g/mol. The number of H-pyrrole nitrogens is 1. The molecule has 1 aromatic heterocycles. The van der Waals surface area contributed by atoms with Crippen LogP contribution >= 0.6 is 15.9 Å². The summed E-state index contributed by atoms with van der Waals surface area (Å²) in [7, 11) is 0. The minimum Gasteiger partial charge on any atom is -0.471 e. The highest BCUT2D eigenvalue weighted by Gasteiger charge is 2.52. The van der Waals surface area contributed by atoms with Crippen LogP contribution in [0.4, 0.5) is 0 Å². The van der Waals surface area contributed by atoms with E-state index in [4.69, 9.17) is 9.47 Å². The molecule has 1 spiro atoms. The van der Waals surface area contributed by atoms with Crippen LogP contribution in [0.15, 0.2) is 10.5 Å². The molecule has 2 unspecified atom stereocenters. The molecule has 150 valence electrons. The lowest BCUT2D eigenvalue weighted by Crippen LogP contribution is -2.64. The van der Waals surface area contributed by atoms with Crippen LogP contribution in [-0.2, 0) is 11.2 Å². The number of benzene rings is 1. The molecule has 5 rings (SSSR count). The highest BCUT2D eigenvalue weighted by atomic mass is 79.9. The Morgan fingerprint density at radius 2 is 2.21 bits per heavy atom. The second-order valence-corrected chi connectivity index (χ2v) is 9.22. The molecule has 3 aliphatic heterocycles. The van der Waals surface area contributed by atoms with Gasteiger partial charge in [-0.25, -0.2) is 4.79 Å². The van der Waals surface area contributed by atoms with Gasteiger partial charge in [-0.05, 0) is 67.9 Å². The van der Waals surface area contributed by atoms with E-state index in [1.807, 2.05) is 13.8 Å². The van der Waals surface area contributed by atoms with Gasteiger partial charge in [0.15, 0.2) is 5.72 Å². The van der Waals surface area contributed by atoms with Crippen LogP contribution in [0.25, 0.3) is 10.9 Å². The molecule has 2 fully saturated rings. The largest absolute Gasteiger partial charge is 0.471 e. The van der Waals surface area contributed by atoms with Gasteiger partial charge in [0.2, 0.25) is 0 Å². The number of fused-ring (bicyclic) bond motifs is 3. The number of aromatic amines is 1. The number of halogens is 1. The Hall–Kier alpha value is -1.53. The average molecular weight is 447 g/mol. The molecule has 2 atom stereocenters. The number of nitrogens with one attached hydrogen (secondary N) is 1. The summed E-state index contributed by atoms with van der Waals surface area (Å²) in [5.74, 6) is 1.14. The van der Waals surface area contributed by atoms with E-state index in [1.165, 1.54) is 25.7 Å². The summed E-state index contributed by atoms with van der Waals surface area (Å²) < 4.78 is 13.2. The number of hydrogen-bond donors (Lipinski definition) is 1. The number of piperidine rings is 2. The van der Waals surface area contributed by atoms with Crippen molar-refractivity contribution in [1.82, 2.24) is 9.88 Å². The predicted molar refractivity (Wildman–Crippen MR) is 112 cm³/mol. The third-order valence-electron chi connectivity index (χ3n) is 6.86. The highest BCUT2D eigenvalue weighted by Crippen LogP contribution is 2.52. The van der Waals surface area contributed by atoms with E-state index < -0.39 is 0 Å². The molecule has 1 N–H and O–H groups in total. The fourth-order valence-electron chi connectivity index (χ4n) is 5.71. The zero-order chi connectivity index (χ0) is 19.5. The van der Waals surface area contributed by atoms with Crippen LogP contribution in [-0.4, -0.2) is 41.3 Å². The maximum atomic E-state index is 12.7. The molecule has 0 radical (unpaired) electrons. The lowest BCUT2D eigenvalue weighted by atomic mass is 9.74. The second kappa shape index (κ2) is 6.77. The number of carbonyl (C=O) groups is 1. The first-order valence-electron chi connectivity index (χ1n) is 10.5. The highest BCUT2D eigenvalue weighted by molar-refractivity contribution is 9.10. The number of nitrogens with zero attached hydrogens (tertiary/aromatic N) is 1. The van der Waals surface area contributed by atoms with E-state index >= 15 is 0 Å². The summed E-state index contributed by atoms with van der Waals surface area (Å²) in [6.07, 6.45) is 6.93. The standard InChI is InChI=1S/C22H27BrN2O3/c1-3-27-21(26)18-13(2)24-17-12-16(23)20-15(19(17)18)11-14-7-6-10-25-9-5-4-8-22(14,25)28-20/h12,14,24H,3-11H2,1-2H3. The number of carbonyl (C=O) groups excluding carboxylic acids is 1. The van der Waals surface area contributed by atoms with Gasteiger partial charge in [0.05, 0.1) is 16.6 Å². The molecule has 4 heterocycles. The molecule has 0 amide bonds. The SMILES string of the molecule is CCOC(=O)c1c(C)[nH]c2cc(Br)c3c(c12)CC1CCCN2CCCCC12O3. The molecule has 2 aromatic rings. The molecular weight excluding hydrogens is 420 g/mol. The van der Waals surface area contributed by atoms with E-state index in [0.29, 0.717) is 18.1 Å². The van der Waals surface area contributed by atoms with Crippen LogP contribution < -0.4 is 4.74 Å². The molecular formula is C22H27BrN2O3. The van der Waals surface area contributed by atoms with Crippen LogP contribution in [0.1, 0.15) is 60.6 Å². The maximum Gasteiger partial charge on any atom is 0.340 e. The molecule has 5 nitrogen and oxygen atoms in total. The number of aromatic nitrogens is 1. The molecule has 1 aromatic carbocycles. The molecule has 0 aliphatic carbocycles. The lowest BCUT2D eigenvalue weighted by molar-refractivity contribution is -0.177. The predicted octanol–water partition coefficient (Wildman–Crippen LogP) is 4.94. The minimum atomic E-state index is -0.251. The fraction of sp³-hybridized carbons (Fsp3) is 0.591. The van der Waals surface area contributed by atoms with E-state index in [9.17, 15) is 4.79 Å². The molecule has 6 heteroatoms. The van der Waals surface area contributed by atoms with Crippen molar-refractivity contribution >= 4 is 32.8 Å². The van der Waals surface area contributed by atoms with Crippen molar-refractivity contribution in [3.8, 4) is 5.75 Å². The molecule has 2 saturated heterocycles. The van der Waals surface area contributed by atoms with Gasteiger partial charge in [-0.3, -0.25) is 4.90 Å². The Kier molecular flexibility index (Phi) is 4.47. The van der Waals surface area contributed by atoms with Crippen molar-refractivity contribution in [2.24, 2.45) is 5.92 Å². The summed E-state index contributed by atoms with van der Waals surface area (Å²) >= 11 is 3.75. The van der Waals surface area contributed by atoms with Crippen LogP contribution in [0, 0.1) is 12.8 Å². The van der Waals surface area contributed by atoms with Crippen molar-refractivity contribution in [1.29, 1.82) is 0 Å². The van der Waals surface area contributed by atoms with Gasteiger partial charge in [0, 0.05) is 47.6 Å². The van der Waals surface area contributed by atoms with E-state index in [2.05, 4.69) is 31.9 Å². The van der Waals surface area contributed by atoms with Crippen molar-refractivity contribution < 1.29 is 14.3 Å². The van der Waals surface area contributed by atoms with Crippen molar-refractivity contribution in [2.45, 2.75) is 58.1 Å². The third-order valence-corrected chi connectivity index (χ3v) is 7.45. The van der Waals surface area contributed by atoms with Gasteiger partial charge in [-0.1, -0.05) is 0 Å². The summed E-state index contributed by atoms with van der Waals surface area (Å²) in [5, 5.41) is 0.983. The van der Waals surface area contributed by atoms with Crippen LogP contribution in [0.2, 0.25) is 0 Å². The van der Waals surface area contributed by atoms with Crippen molar-refractivity contribution in [3.63, 3.8) is 0 Å². The Balaban J connectivity index is 1.70. The van der Waals surface area contributed by atoms with Gasteiger partial charge in [0.25, 0.3) is 0 Å². The van der Waals surface area contributed by atoms with E-state index in [0.717, 1.165) is 58.3 Å². The van der Waals surface area contributed by atoms with E-state index in [-0.39, 0.29) is 11.7 Å². The summed E-state index contributed by atoms with van der Waals surface area (Å²) in [5.41, 5.74) is 3.48. The molecule has 0 bridgehead atoms. The first-order valence-corrected chi connectivity index (χ1v) is 11.3. The van der Waals surface area contributed by atoms with Crippen molar-refractivity contribution in [2.75, 3.05) is 19.7 Å². The number of ether oxygens (including phenoxy) is 2. The number of hydrogen-bond acceptors (Lipinski definition) is 4. The maximum absolute atomic E-state index is 12.7. The van der Waals surface area contributed by atoms with Crippen molar-refractivity contribution in [3.05, 3.63) is 27.4 Å². The summed E-state index contributed by atoms with van der Waals surface area (Å²) in [4.78, 5) is 18.7. The van der Waals surface area contributed by atoms with Crippen LogP contribution in [0.5, 0.6) is 5.75 Å². The average Bonchev–Trinajstić information content (AvgIpc) is 3.01. The quantitative estimate of drug-likeness (QED) is 0.663. The minimum absolute atomic E-state index is 0.171. The number of rotatable bonds is 2. The Labute approximate surface area is 173 Å². The second-order valence-electron chi connectivity index (χ2n) is 8.37. The van der Waals surface area contributed by atoms with Gasteiger partial charge >= 0.3 is 5.97 Å². The Bertz CT molecular complexity index is 951. The number of esters is 1. The summed E-state index contributed by atoms with van der Waals surface area (Å²) in [6, 6.07) is 2.05. The Morgan fingerprint density at radius 1 is 1.39 bits per heavy atom. The molecule has 28 heavy (non-hydrogen) atoms. The molecule has 0 saturated carbocycles. The first kappa shape index (κ1) is 18.5.